The average molecular weight is 459 g/mol. The lowest BCUT2D eigenvalue weighted by atomic mass is 9.89. The Bertz CT molecular complexity index is 1060. The number of aromatic amines is 1. The Morgan fingerprint density at radius 2 is 1.88 bits per heavy atom. The van der Waals surface area contributed by atoms with Gasteiger partial charge in [-0.3, -0.25) is 10.1 Å². The number of hydrogen-bond acceptors (Lipinski definition) is 5. The van der Waals surface area contributed by atoms with Crippen LogP contribution in [0.1, 0.15) is 56.9 Å². The SMILES string of the molecule is O=C(NC1CCCCC1NC1NC(c2c[nH]c3ncc(Cl)cc23)=NC=C1F)C1CCCC1. The first-order valence-corrected chi connectivity index (χ1v) is 11.9. The Morgan fingerprint density at radius 3 is 2.69 bits per heavy atom. The molecular formula is C23H28ClFN6O. The van der Waals surface area contributed by atoms with Crippen molar-refractivity contribution in [1.82, 2.24) is 25.9 Å². The second-order valence-electron chi connectivity index (χ2n) is 8.98. The van der Waals surface area contributed by atoms with Gasteiger partial charge in [-0.25, -0.2) is 14.4 Å². The molecule has 2 aliphatic carbocycles. The van der Waals surface area contributed by atoms with Crippen LogP contribution >= 0.6 is 11.6 Å². The number of aromatic nitrogens is 2. The van der Waals surface area contributed by atoms with Crippen molar-refractivity contribution in [2.75, 3.05) is 0 Å². The summed E-state index contributed by atoms with van der Waals surface area (Å²) in [5.41, 5.74) is 1.47. The quantitative estimate of drug-likeness (QED) is 0.546. The van der Waals surface area contributed by atoms with Gasteiger partial charge in [0.1, 0.15) is 17.6 Å². The molecule has 0 bridgehead atoms. The number of halogens is 2. The van der Waals surface area contributed by atoms with Crippen LogP contribution in [0.3, 0.4) is 0 Å². The fourth-order valence-electron chi connectivity index (χ4n) is 5.09. The number of rotatable bonds is 5. The van der Waals surface area contributed by atoms with Crippen molar-refractivity contribution >= 4 is 34.4 Å². The smallest absolute Gasteiger partial charge is 0.223 e. The topological polar surface area (TPSA) is 94.2 Å². The van der Waals surface area contributed by atoms with Gasteiger partial charge in [-0.2, -0.15) is 0 Å². The number of aliphatic imine (C=N–C) groups is 1. The van der Waals surface area contributed by atoms with Gasteiger partial charge >= 0.3 is 0 Å². The van der Waals surface area contributed by atoms with Gasteiger partial charge in [-0.05, 0) is 31.7 Å². The van der Waals surface area contributed by atoms with E-state index in [0.717, 1.165) is 62.3 Å². The number of fused-ring (bicyclic) bond motifs is 1. The number of nitrogens with one attached hydrogen (secondary N) is 4. The molecule has 2 aromatic heterocycles. The van der Waals surface area contributed by atoms with Crippen molar-refractivity contribution in [3.05, 3.63) is 41.1 Å². The largest absolute Gasteiger partial charge is 0.352 e. The van der Waals surface area contributed by atoms with Gasteiger partial charge in [0.25, 0.3) is 0 Å². The van der Waals surface area contributed by atoms with E-state index in [4.69, 9.17) is 11.6 Å². The molecule has 0 radical (unpaired) electrons. The Hall–Kier alpha value is -2.45. The lowest BCUT2D eigenvalue weighted by molar-refractivity contribution is -0.126. The molecule has 7 nitrogen and oxygen atoms in total. The van der Waals surface area contributed by atoms with Gasteiger partial charge in [0, 0.05) is 41.3 Å². The zero-order valence-corrected chi connectivity index (χ0v) is 18.6. The first-order chi connectivity index (χ1) is 15.6. The second kappa shape index (κ2) is 9.19. The summed E-state index contributed by atoms with van der Waals surface area (Å²) in [5.74, 6) is 0.444. The molecule has 5 rings (SSSR count). The number of carbonyl (C=O) groups is 1. The number of hydrogen-bond donors (Lipinski definition) is 4. The molecule has 3 unspecified atom stereocenters. The molecule has 1 amide bonds. The summed E-state index contributed by atoms with van der Waals surface area (Å²) in [6.45, 7) is 0. The van der Waals surface area contributed by atoms with Gasteiger partial charge in [0.15, 0.2) is 5.83 Å². The van der Waals surface area contributed by atoms with Crippen LogP contribution in [-0.2, 0) is 4.79 Å². The van der Waals surface area contributed by atoms with Gasteiger partial charge in [0.05, 0.1) is 11.2 Å². The van der Waals surface area contributed by atoms with Crippen LogP contribution in [0.5, 0.6) is 0 Å². The monoisotopic (exact) mass is 458 g/mol. The molecular weight excluding hydrogens is 431 g/mol. The highest BCUT2D eigenvalue weighted by atomic mass is 35.5. The highest BCUT2D eigenvalue weighted by molar-refractivity contribution is 6.31. The van der Waals surface area contributed by atoms with Crippen molar-refractivity contribution in [3.8, 4) is 0 Å². The maximum atomic E-state index is 14.7. The van der Waals surface area contributed by atoms with Crippen LogP contribution < -0.4 is 16.0 Å². The van der Waals surface area contributed by atoms with Crippen LogP contribution in [0.15, 0.2) is 35.5 Å². The van der Waals surface area contributed by atoms with Crippen LogP contribution in [0.4, 0.5) is 4.39 Å². The third kappa shape index (κ3) is 4.38. The van der Waals surface area contributed by atoms with Crippen LogP contribution in [0.25, 0.3) is 11.0 Å². The number of carbonyl (C=O) groups excluding carboxylic acids is 1. The minimum Gasteiger partial charge on any atom is -0.352 e. The summed E-state index contributed by atoms with van der Waals surface area (Å²) in [6, 6.07) is 1.81. The van der Waals surface area contributed by atoms with Crippen LogP contribution in [0.2, 0.25) is 5.02 Å². The fraction of sp³-hybridized carbons (Fsp3) is 0.522. The molecule has 2 aromatic rings. The number of pyridine rings is 1. The van der Waals surface area contributed by atoms with E-state index in [9.17, 15) is 9.18 Å². The lowest BCUT2D eigenvalue weighted by Gasteiger charge is -2.36. The van der Waals surface area contributed by atoms with Crippen LogP contribution in [-0.4, -0.2) is 40.0 Å². The molecule has 170 valence electrons. The van der Waals surface area contributed by atoms with E-state index in [1.807, 2.05) is 6.07 Å². The van der Waals surface area contributed by atoms with E-state index in [1.54, 1.807) is 12.4 Å². The molecule has 3 heterocycles. The van der Waals surface area contributed by atoms with E-state index in [-0.39, 0.29) is 29.7 Å². The van der Waals surface area contributed by atoms with E-state index in [2.05, 4.69) is 30.9 Å². The number of amidine groups is 1. The van der Waals surface area contributed by atoms with E-state index >= 15 is 0 Å². The molecule has 3 aliphatic rings. The summed E-state index contributed by atoms with van der Waals surface area (Å²) in [6.07, 6.45) is 12.0. The van der Waals surface area contributed by atoms with Crippen molar-refractivity contribution in [2.45, 2.75) is 69.6 Å². The van der Waals surface area contributed by atoms with Gasteiger partial charge in [-0.1, -0.05) is 37.3 Å². The summed E-state index contributed by atoms with van der Waals surface area (Å²) in [7, 11) is 0. The third-order valence-electron chi connectivity index (χ3n) is 6.83. The highest BCUT2D eigenvalue weighted by Crippen LogP contribution is 2.27. The van der Waals surface area contributed by atoms with Crippen molar-refractivity contribution in [2.24, 2.45) is 10.9 Å². The Labute approximate surface area is 191 Å². The standard InChI is InChI=1S/C23H28ClFN6O/c24-14-9-15-16(11-27-20(15)26-10-14)21-28-12-17(25)22(31-21)29-18-7-3-4-8-19(18)30-23(32)13-5-1-2-6-13/h9-13,18-19,22,29H,1-8H2,(H,26,27)(H,28,31)(H,30,32). The molecule has 2 fully saturated rings. The molecule has 2 saturated carbocycles. The van der Waals surface area contributed by atoms with Crippen LogP contribution in [0, 0.1) is 5.92 Å². The van der Waals surface area contributed by atoms with Crippen molar-refractivity contribution in [1.29, 1.82) is 0 Å². The molecule has 1 aliphatic heterocycles. The zero-order valence-electron chi connectivity index (χ0n) is 17.8. The molecule has 0 spiro atoms. The molecule has 3 atom stereocenters. The highest BCUT2D eigenvalue weighted by Gasteiger charge is 2.33. The second-order valence-corrected chi connectivity index (χ2v) is 9.41. The van der Waals surface area contributed by atoms with Crippen molar-refractivity contribution < 1.29 is 9.18 Å². The predicted molar refractivity (Wildman–Crippen MR) is 123 cm³/mol. The van der Waals surface area contributed by atoms with E-state index < -0.39 is 6.17 Å². The molecule has 4 N–H and O–H groups in total. The average Bonchev–Trinajstić information content (AvgIpc) is 3.47. The first-order valence-electron chi connectivity index (χ1n) is 11.5. The zero-order chi connectivity index (χ0) is 22.1. The normalized spacial score (nSPS) is 26.5. The lowest BCUT2D eigenvalue weighted by Crippen LogP contribution is -2.59. The van der Waals surface area contributed by atoms with Gasteiger partial charge < -0.3 is 15.6 Å². The number of nitrogens with zero attached hydrogens (tertiary/aromatic N) is 2. The Balaban J connectivity index is 1.30. The summed E-state index contributed by atoms with van der Waals surface area (Å²) >= 11 is 6.12. The summed E-state index contributed by atoms with van der Waals surface area (Å²) in [5, 5.41) is 11.2. The molecule has 0 aromatic carbocycles. The minimum absolute atomic E-state index is 0.00450. The molecule has 9 heteroatoms. The van der Waals surface area contributed by atoms with E-state index in [1.165, 1.54) is 6.20 Å². The van der Waals surface area contributed by atoms with Crippen molar-refractivity contribution in [3.63, 3.8) is 0 Å². The van der Waals surface area contributed by atoms with Gasteiger partial charge in [-0.15, -0.1) is 0 Å². The maximum absolute atomic E-state index is 14.7. The first kappa shape index (κ1) is 21.4. The minimum atomic E-state index is -0.714. The summed E-state index contributed by atoms with van der Waals surface area (Å²) in [4.78, 5) is 24.3. The molecule has 0 saturated heterocycles. The Morgan fingerprint density at radius 1 is 1.12 bits per heavy atom. The number of amides is 1. The Kier molecular flexibility index (Phi) is 6.15. The summed E-state index contributed by atoms with van der Waals surface area (Å²) < 4.78 is 14.7. The fourth-order valence-corrected chi connectivity index (χ4v) is 5.25. The van der Waals surface area contributed by atoms with E-state index in [0.29, 0.717) is 16.5 Å². The maximum Gasteiger partial charge on any atom is 0.223 e. The predicted octanol–water partition coefficient (Wildman–Crippen LogP) is 3.91. The molecule has 32 heavy (non-hydrogen) atoms. The number of H-pyrrole nitrogens is 1. The van der Waals surface area contributed by atoms with Gasteiger partial charge in [0.2, 0.25) is 5.91 Å². The third-order valence-corrected chi connectivity index (χ3v) is 7.03.